The first-order chi connectivity index (χ1) is 12.2. The molecule has 0 spiro atoms. The van der Waals surface area contributed by atoms with Crippen molar-refractivity contribution in [2.75, 3.05) is 0 Å². The summed E-state index contributed by atoms with van der Waals surface area (Å²) >= 11 is 6.17. The SMILES string of the molecule is Cc1cc(Cl)ccc1C1Cc2cnc3[nH]ncc3c2-c2ccccc21. The predicted octanol–water partition coefficient (Wildman–Crippen LogP) is 5.27. The fourth-order valence-electron chi connectivity index (χ4n) is 4.08. The zero-order chi connectivity index (χ0) is 17.0. The monoisotopic (exact) mass is 345 g/mol. The molecule has 2 aromatic heterocycles. The van der Waals surface area contributed by atoms with E-state index in [4.69, 9.17) is 11.6 Å². The van der Waals surface area contributed by atoms with E-state index < -0.39 is 0 Å². The van der Waals surface area contributed by atoms with Crippen LogP contribution in [0.3, 0.4) is 0 Å². The lowest BCUT2D eigenvalue weighted by Gasteiger charge is -2.29. The highest BCUT2D eigenvalue weighted by Crippen LogP contribution is 2.45. The number of H-pyrrole nitrogens is 1. The number of nitrogens with one attached hydrogen (secondary N) is 1. The number of benzene rings is 2. The van der Waals surface area contributed by atoms with Crippen LogP contribution in [0.25, 0.3) is 22.2 Å². The van der Waals surface area contributed by atoms with Gasteiger partial charge in [0.25, 0.3) is 0 Å². The van der Waals surface area contributed by atoms with Gasteiger partial charge in [0.2, 0.25) is 0 Å². The molecule has 0 aliphatic heterocycles. The van der Waals surface area contributed by atoms with E-state index in [1.54, 1.807) is 0 Å². The maximum Gasteiger partial charge on any atom is 0.155 e. The van der Waals surface area contributed by atoms with Gasteiger partial charge in [-0.1, -0.05) is 41.9 Å². The summed E-state index contributed by atoms with van der Waals surface area (Å²) in [6.07, 6.45) is 4.80. The van der Waals surface area contributed by atoms with E-state index >= 15 is 0 Å². The Balaban J connectivity index is 1.78. The van der Waals surface area contributed by atoms with Gasteiger partial charge in [-0.25, -0.2) is 4.98 Å². The fourth-order valence-corrected chi connectivity index (χ4v) is 4.31. The molecule has 25 heavy (non-hydrogen) atoms. The molecule has 4 heteroatoms. The molecule has 1 atom stereocenters. The molecule has 2 heterocycles. The van der Waals surface area contributed by atoms with E-state index in [-0.39, 0.29) is 0 Å². The molecule has 0 bridgehead atoms. The minimum absolute atomic E-state index is 0.312. The molecule has 5 rings (SSSR count). The molecule has 0 amide bonds. The Morgan fingerprint density at radius 1 is 1.08 bits per heavy atom. The maximum atomic E-state index is 6.17. The lowest BCUT2D eigenvalue weighted by Crippen LogP contribution is -2.14. The van der Waals surface area contributed by atoms with Crippen molar-refractivity contribution >= 4 is 22.6 Å². The highest BCUT2D eigenvalue weighted by atomic mass is 35.5. The summed E-state index contributed by atoms with van der Waals surface area (Å²) < 4.78 is 0. The average molecular weight is 346 g/mol. The summed E-state index contributed by atoms with van der Waals surface area (Å²) in [6, 6.07) is 14.9. The normalized spacial score (nSPS) is 15.8. The lowest BCUT2D eigenvalue weighted by molar-refractivity contribution is 0.785. The predicted molar refractivity (Wildman–Crippen MR) is 101 cm³/mol. The Morgan fingerprint density at radius 3 is 2.84 bits per heavy atom. The molecule has 0 fully saturated rings. The Labute approximate surface area is 150 Å². The van der Waals surface area contributed by atoms with Crippen LogP contribution >= 0.6 is 11.6 Å². The van der Waals surface area contributed by atoms with Crippen molar-refractivity contribution in [3.63, 3.8) is 0 Å². The topological polar surface area (TPSA) is 41.6 Å². The number of halogens is 1. The summed E-state index contributed by atoms with van der Waals surface area (Å²) in [5.41, 5.74) is 8.56. The first-order valence-corrected chi connectivity index (χ1v) is 8.76. The summed E-state index contributed by atoms with van der Waals surface area (Å²) in [4.78, 5) is 4.55. The number of aryl methyl sites for hydroxylation is 1. The van der Waals surface area contributed by atoms with Crippen LogP contribution in [0.1, 0.15) is 28.2 Å². The van der Waals surface area contributed by atoms with Gasteiger partial charge in [0.05, 0.1) is 6.20 Å². The molecule has 2 aromatic carbocycles. The van der Waals surface area contributed by atoms with Crippen LogP contribution in [-0.2, 0) is 6.42 Å². The van der Waals surface area contributed by atoms with Crippen LogP contribution in [-0.4, -0.2) is 15.2 Å². The van der Waals surface area contributed by atoms with Gasteiger partial charge in [-0.15, -0.1) is 0 Å². The second-order valence-electron chi connectivity index (χ2n) is 6.64. The quantitative estimate of drug-likeness (QED) is 0.510. The Kier molecular flexibility index (Phi) is 3.19. The highest BCUT2D eigenvalue weighted by molar-refractivity contribution is 6.30. The molecule has 1 unspecified atom stereocenters. The summed E-state index contributed by atoms with van der Waals surface area (Å²) in [6.45, 7) is 2.14. The van der Waals surface area contributed by atoms with Crippen molar-refractivity contribution < 1.29 is 0 Å². The zero-order valence-corrected chi connectivity index (χ0v) is 14.5. The van der Waals surface area contributed by atoms with Crippen LogP contribution in [0.4, 0.5) is 0 Å². The van der Waals surface area contributed by atoms with Crippen molar-refractivity contribution in [2.45, 2.75) is 19.3 Å². The summed E-state index contributed by atoms with van der Waals surface area (Å²) in [5.74, 6) is 0.312. The third-order valence-corrected chi connectivity index (χ3v) is 5.43. The molecule has 1 aliphatic rings. The van der Waals surface area contributed by atoms with Gasteiger partial charge in [0.15, 0.2) is 5.65 Å². The second-order valence-corrected chi connectivity index (χ2v) is 7.07. The van der Waals surface area contributed by atoms with Crippen LogP contribution in [0, 0.1) is 6.92 Å². The summed E-state index contributed by atoms with van der Waals surface area (Å²) in [5, 5.41) is 9.04. The number of fused-ring (bicyclic) bond motifs is 5. The van der Waals surface area contributed by atoms with Crippen molar-refractivity contribution in [2.24, 2.45) is 0 Å². The van der Waals surface area contributed by atoms with E-state index in [2.05, 4.69) is 52.4 Å². The van der Waals surface area contributed by atoms with E-state index in [0.29, 0.717) is 5.92 Å². The van der Waals surface area contributed by atoms with E-state index in [9.17, 15) is 0 Å². The number of aromatic amines is 1. The minimum Gasteiger partial charge on any atom is -0.261 e. The van der Waals surface area contributed by atoms with Crippen LogP contribution in [0.15, 0.2) is 54.9 Å². The molecule has 1 aliphatic carbocycles. The first-order valence-electron chi connectivity index (χ1n) is 8.38. The number of hydrogen-bond donors (Lipinski definition) is 1. The number of hydrogen-bond acceptors (Lipinski definition) is 2. The van der Waals surface area contributed by atoms with Crippen molar-refractivity contribution in [1.82, 2.24) is 15.2 Å². The van der Waals surface area contributed by atoms with Gasteiger partial charge >= 0.3 is 0 Å². The largest absolute Gasteiger partial charge is 0.261 e. The molecule has 0 saturated carbocycles. The van der Waals surface area contributed by atoms with Crippen LogP contribution < -0.4 is 0 Å². The third-order valence-electron chi connectivity index (χ3n) is 5.20. The van der Waals surface area contributed by atoms with Crippen molar-refractivity contribution in [1.29, 1.82) is 0 Å². The molecule has 0 radical (unpaired) electrons. The number of rotatable bonds is 1. The molecular weight excluding hydrogens is 330 g/mol. The van der Waals surface area contributed by atoms with Crippen molar-refractivity contribution in [3.8, 4) is 11.1 Å². The lowest BCUT2D eigenvalue weighted by atomic mass is 9.75. The standard InChI is InChI=1S/C21H16ClN3/c1-12-8-14(22)6-7-15(12)18-9-13-10-23-21-19(11-24-25-21)20(13)17-5-3-2-4-16(17)18/h2-8,10-11,18H,9H2,1H3,(H,23,24,25). The van der Waals surface area contributed by atoms with Gasteiger partial charge in [-0.3, -0.25) is 5.10 Å². The van der Waals surface area contributed by atoms with Gasteiger partial charge < -0.3 is 0 Å². The number of pyridine rings is 1. The number of aromatic nitrogens is 3. The van der Waals surface area contributed by atoms with E-state index in [1.807, 2.05) is 24.5 Å². The summed E-state index contributed by atoms with van der Waals surface area (Å²) in [7, 11) is 0. The van der Waals surface area contributed by atoms with Crippen molar-refractivity contribution in [3.05, 3.63) is 82.1 Å². The van der Waals surface area contributed by atoms with Gasteiger partial charge in [0, 0.05) is 22.5 Å². The van der Waals surface area contributed by atoms with Gasteiger partial charge in [0.1, 0.15) is 0 Å². The van der Waals surface area contributed by atoms with Gasteiger partial charge in [-0.2, -0.15) is 5.10 Å². The van der Waals surface area contributed by atoms with Crippen LogP contribution in [0.5, 0.6) is 0 Å². The first kappa shape index (κ1) is 14.7. The van der Waals surface area contributed by atoms with E-state index in [1.165, 1.54) is 33.4 Å². The van der Waals surface area contributed by atoms with Gasteiger partial charge in [-0.05, 0) is 58.9 Å². The number of nitrogens with zero attached hydrogens (tertiary/aromatic N) is 2. The smallest absolute Gasteiger partial charge is 0.155 e. The maximum absolute atomic E-state index is 6.17. The molecule has 1 N–H and O–H groups in total. The average Bonchev–Trinajstić information content (AvgIpc) is 3.10. The fraction of sp³-hybridized carbons (Fsp3) is 0.143. The molecule has 4 aromatic rings. The highest BCUT2D eigenvalue weighted by Gasteiger charge is 2.28. The molecule has 122 valence electrons. The molecular formula is C21H16ClN3. The third kappa shape index (κ3) is 2.19. The van der Waals surface area contributed by atoms with Crippen LogP contribution in [0.2, 0.25) is 5.02 Å². The van der Waals surface area contributed by atoms with E-state index in [0.717, 1.165) is 22.5 Å². The zero-order valence-electron chi connectivity index (χ0n) is 13.8. The second kappa shape index (κ2) is 5.43. The molecule has 3 nitrogen and oxygen atoms in total. The Bertz CT molecular complexity index is 1110. The Hall–Kier alpha value is -2.65. The minimum atomic E-state index is 0.312. The molecule has 0 saturated heterocycles. The Morgan fingerprint density at radius 2 is 1.96 bits per heavy atom.